The number of aromatic nitrogens is 4. The van der Waals surface area contributed by atoms with E-state index in [1.807, 2.05) is 0 Å². The molecule has 2 heterocycles. The van der Waals surface area contributed by atoms with Crippen LogP contribution in [0.25, 0.3) is 11.0 Å². The van der Waals surface area contributed by atoms with Crippen LogP contribution in [-0.4, -0.2) is 19.7 Å². The molecule has 0 aliphatic heterocycles. The summed E-state index contributed by atoms with van der Waals surface area (Å²) in [6, 6.07) is 1.62. The molecule has 0 aliphatic carbocycles. The fourth-order valence-corrected chi connectivity index (χ4v) is 1.13. The van der Waals surface area contributed by atoms with Crippen LogP contribution in [0.3, 0.4) is 0 Å². The molecule has 0 aromatic carbocycles. The van der Waals surface area contributed by atoms with Gasteiger partial charge in [0, 0.05) is 7.05 Å². The SMILES string of the molecule is Cc1nc2nnccc2c(=O)n1C. The molecule has 0 aliphatic rings. The highest BCUT2D eigenvalue weighted by Gasteiger charge is 2.04. The van der Waals surface area contributed by atoms with Crippen molar-refractivity contribution < 1.29 is 0 Å². The van der Waals surface area contributed by atoms with Crippen LogP contribution in [0.2, 0.25) is 0 Å². The molecule has 0 radical (unpaired) electrons. The lowest BCUT2D eigenvalue weighted by molar-refractivity contribution is 0.786. The number of fused-ring (bicyclic) bond motifs is 1. The molecule has 13 heavy (non-hydrogen) atoms. The molecule has 0 fully saturated rings. The Morgan fingerprint density at radius 1 is 1.46 bits per heavy atom. The van der Waals surface area contributed by atoms with Crippen molar-refractivity contribution in [2.75, 3.05) is 0 Å². The van der Waals surface area contributed by atoms with Crippen molar-refractivity contribution in [1.82, 2.24) is 19.7 Å². The van der Waals surface area contributed by atoms with Crippen molar-refractivity contribution in [2.45, 2.75) is 6.92 Å². The minimum absolute atomic E-state index is 0.0857. The van der Waals surface area contributed by atoms with Crippen molar-refractivity contribution in [3.8, 4) is 0 Å². The van der Waals surface area contributed by atoms with Crippen LogP contribution >= 0.6 is 0 Å². The van der Waals surface area contributed by atoms with Crippen molar-refractivity contribution in [2.24, 2.45) is 7.05 Å². The van der Waals surface area contributed by atoms with Gasteiger partial charge in [-0.1, -0.05) is 0 Å². The van der Waals surface area contributed by atoms with E-state index in [2.05, 4.69) is 15.2 Å². The fraction of sp³-hybridized carbons (Fsp3) is 0.250. The van der Waals surface area contributed by atoms with Crippen LogP contribution < -0.4 is 5.56 Å². The number of nitrogens with zero attached hydrogens (tertiary/aromatic N) is 4. The van der Waals surface area contributed by atoms with E-state index in [0.29, 0.717) is 16.9 Å². The first kappa shape index (κ1) is 7.85. The van der Waals surface area contributed by atoms with Crippen LogP contribution in [0.1, 0.15) is 5.82 Å². The monoisotopic (exact) mass is 176 g/mol. The van der Waals surface area contributed by atoms with Crippen LogP contribution in [0.5, 0.6) is 0 Å². The molecule has 0 saturated heterocycles. The smallest absolute Gasteiger partial charge is 0.262 e. The molecule has 66 valence electrons. The van der Waals surface area contributed by atoms with E-state index in [4.69, 9.17) is 0 Å². The van der Waals surface area contributed by atoms with E-state index >= 15 is 0 Å². The summed E-state index contributed by atoms with van der Waals surface area (Å²) in [6.07, 6.45) is 1.49. The Balaban J connectivity index is 3.03. The van der Waals surface area contributed by atoms with Crippen molar-refractivity contribution in [1.29, 1.82) is 0 Å². The van der Waals surface area contributed by atoms with E-state index in [1.165, 1.54) is 10.8 Å². The topological polar surface area (TPSA) is 60.7 Å². The zero-order valence-corrected chi connectivity index (χ0v) is 7.35. The van der Waals surface area contributed by atoms with E-state index < -0.39 is 0 Å². The summed E-state index contributed by atoms with van der Waals surface area (Å²) in [5.41, 5.74) is 0.320. The number of rotatable bonds is 0. The molecule has 0 atom stereocenters. The van der Waals surface area contributed by atoms with Crippen LogP contribution in [0, 0.1) is 6.92 Å². The van der Waals surface area contributed by atoms with Crippen molar-refractivity contribution >= 4 is 11.0 Å². The highest BCUT2D eigenvalue weighted by Crippen LogP contribution is 2.00. The molecule has 5 heteroatoms. The van der Waals surface area contributed by atoms with Crippen LogP contribution in [0.15, 0.2) is 17.1 Å². The van der Waals surface area contributed by atoms with E-state index in [0.717, 1.165) is 0 Å². The summed E-state index contributed by atoms with van der Waals surface area (Å²) in [5.74, 6) is 0.637. The molecule has 2 aromatic rings. The van der Waals surface area contributed by atoms with Gasteiger partial charge in [-0.25, -0.2) is 4.98 Å². The minimum atomic E-state index is -0.0857. The average molecular weight is 176 g/mol. The highest BCUT2D eigenvalue weighted by molar-refractivity contribution is 5.72. The summed E-state index contributed by atoms with van der Waals surface area (Å²) < 4.78 is 1.49. The second kappa shape index (κ2) is 2.62. The molecule has 0 saturated carbocycles. The standard InChI is InChI=1S/C8H8N4O/c1-5-10-7-6(3-4-9-11-7)8(13)12(5)2/h3-4H,1-2H3. The largest absolute Gasteiger partial charge is 0.299 e. The van der Waals surface area contributed by atoms with Gasteiger partial charge in [-0.3, -0.25) is 9.36 Å². The predicted molar refractivity (Wildman–Crippen MR) is 47.3 cm³/mol. The lowest BCUT2D eigenvalue weighted by atomic mass is 10.3. The lowest BCUT2D eigenvalue weighted by Gasteiger charge is -2.02. The van der Waals surface area contributed by atoms with Gasteiger partial charge in [0.05, 0.1) is 11.6 Å². The normalized spacial score (nSPS) is 10.6. The number of hydrogen-bond acceptors (Lipinski definition) is 4. The molecule has 2 rings (SSSR count). The zero-order chi connectivity index (χ0) is 9.42. The Morgan fingerprint density at radius 2 is 2.23 bits per heavy atom. The van der Waals surface area contributed by atoms with Crippen molar-refractivity contribution in [3.63, 3.8) is 0 Å². The number of aryl methyl sites for hydroxylation is 1. The van der Waals surface area contributed by atoms with Gasteiger partial charge in [0.15, 0.2) is 5.65 Å². The molecule has 0 spiro atoms. The van der Waals surface area contributed by atoms with Gasteiger partial charge in [0.1, 0.15) is 5.82 Å². The van der Waals surface area contributed by atoms with Gasteiger partial charge in [0.25, 0.3) is 5.56 Å². The van der Waals surface area contributed by atoms with Crippen LogP contribution in [-0.2, 0) is 7.05 Å². The highest BCUT2D eigenvalue weighted by atomic mass is 16.1. The first-order valence-corrected chi connectivity index (χ1v) is 3.85. The third kappa shape index (κ3) is 1.09. The van der Waals surface area contributed by atoms with Crippen LogP contribution in [0.4, 0.5) is 0 Å². The first-order valence-electron chi connectivity index (χ1n) is 3.85. The second-order valence-corrected chi connectivity index (χ2v) is 2.79. The van der Waals surface area contributed by atoms with Gasteiger partial charge < -0.3 is 0 Å². The minimum Gasteiger partial charge on any atom is -0.299 e. The third-order valence-electron chi connectivity index (χ3n) is 1.99. The Morgan fingerprint density at radius 3 is 3.00 bits per heavy atom. The summed E-state index contributed by atoms with van der Waals surface area (Å²) >= 11 is 0. The summed E-state index contributed by atoms with van der Waals surface area (Å²) in [4.78, 5) is 15.7. The molecule has 0 unspecified atom stereocenters. The maximum Gasteiger partial charge on any atom is 0.262 e. The average Bonchev–Trinajstić information content (AvgIpc) is 2.15. The van der Waals surface area contributed by atoms with Gasteiger partial charge in [-0.2, -0.15) is 5.10 Å². The number of hydrogen-bond donors (Lipinski definition) is 0. The van der Waals surface area contributed by atoms with E-state index in [9.17, 15) is 4.79 Å². The molecule has 2 aromatic heterocycles. The Kier molecular flexibility index (Phi) is 1.58. The molecular formula is C8H8N4O. The lowest BCUT2D eigenvalue weighted by Crippen LogP contribution is -2.21. The second-order valence-electron chi connectivity index (χ2n) is 2.79. The maximum atomic E-state index is 11.6. The molecule has 0 amide bonds. The van der Waals surface area contributed by atoms with E-state index in [-0.39, 0.29) is 5.56 Å². The van der Waals surface area contributed by atoms with Gasteiger partial charge >= 0.3 is 0 Å². The van der Waals surface area contributed by atoms with E-state index in [1.54, 1.807) is 20.0 Å². The van der Waals surface area contributed by atoms with Gasteiger partial charge in [-0.15, -0.1) is 5.10 Å². The van der Waals surface area contributed by atoms with Gasteiger partial charge in [0.2, 0.25) is 0 Å². The zero-order valence-electron chi connectivity index (χ0n) is 7.35. The quantitative estimate of drug-likeness (QED) is 0.568. The molecule has 0 bridgehead atoms. The summed E-state index contributed by atoms with van der Waals surface area (Å²) in [6.45, 7) is 1.76. The summed E-state index contributed by atoms with van der Waals surface area (Å²) in [5, 5.41) is 7.94. The Labute approximate surface area is 74.1 Å². The molecule has 0 N–H and O–H groups in total. The summed E-state index contributed by atoms with van der Waals surface area (Å²) in [7, 11) is 1.69. The Hall–Kier alpha value is -1.78. The molecular weight excluding hydrogens is 168 g/mol. The van der Waals surface area contributed by atoms with Gasteiger partial charge in [-0.05, 0) is 13.0 Å². The first-order chi connectivity index (χ1) is 6.20. The third-order valence-corrected chi connectivity index (χ3v) is 1.99. The fourth-order valence-electron chi connectivity index (χ4n) is 1.13. The maximum absolute atomic E-state index is 11.6. The Bertz CT molecular complexity index is 517. The van der Waals surface area contributed by atoms with Crippen molar-refractivity contribution in [3.05, 3.63) is 28.4 Å². The predicted octanol–water partition coefficient (Wildman–Crippen LogP) is 0.0319. The molecule has 5 nitrogen and oxygen atoms in total.